The minimum absolute atomic E-state index is 0.0726. The van der Waals surface area contributed by atoms with Crippen molar-refractivity contribution in [2.75, 3.05) is 18.6 Å². The number of hydrogen-bond donors (Lipinski definition) is 2. The number of nitrogens with two attached hydrogens (primary N) is 1. The number of rotatable bonds is 8. The van der Waals surface area contributed by atoms with Gasteiger partial charge in [0.15, 0.2) is 0 Å². The van der Waals surface area contributed by atoms with Crippen molar-refractivity contribution in [3.05, 3.63) is 138 Å². The van der Waals surface area contributed by atoms with E-state index >= 15 is 0 Å². The Labute approximate surface area is 259 Å². The van der Waals surface area contributed by atoms with Gasteiger partial charge in [0.05, 0.1) is 18.7 Å². The Morgan fingerprint density at radius 1 is 0.837 bits per heavy atom. The van der Waals surface area contributed by atoms with Crippen molar-refractivity contribution in [2.24, 2.45) is 11.7 Å². The molecule has 4 nitrogen and oxygen atoms in total. The first-order chi connectivity index (χ1) is 20.6. The molecule has 3 N–H and O–H groups in total. The zero-order chi connectivity index (χ0) is 30.6. The highest BCUT2D eigenvalue weighted by molar-refractivity contribution is 6.99. The summed E-state index contributed by atoms with van der Waals surface area (Å²) in [5.74, 6) is 0.341. The van der Waals surface area contributed by atoms with Crippen molar-refractivity contribution in [1.29, 1.82) is 0 Å². The molecule has 1 aliphatic rings. The summed E-state index contributed by atoms with van der Waals surface area (Å²) >= 11 is 0. The van der Waals surface area contributed by atoms with Crippen LogP contribution in [0.25, 0.3) is 0 Å². The number of nitrogens with one attached hydrogen (secondary N) is 1. The second kappa shape index (κ2) is 12.9. The molecule has 0 radical (unpaired) electrons. The van der Waals surface area contributed by atoms with E-state index in [0.717, 1.165) is 17.5 Å². The third-order valence-corrected chi connectivity index (χ3v) is 13.8. The largest absolute Gasteiger partial charge is 0.405 e. The molecule has 1 aliphatic heterocycles. The lowest BCUT2D eigenvalue weighted by Gasteiger charge is -2.44. The molecule has 0 aliphatic carbocycles. The molecule has 5 heteroatoms. The predicted molar refractivity (Wildman–Crippen MR) is 184 cm³/mol. The standard InChI is InChI=1S/C38H47N3OSi/c1-28(2)36-26-40-32(24-30-22-23-31(25-35(30)41(36)6)37(39)29-16-10-7-11-17-29)27-42-43(38(3,4)5,33-18-12-8-13-19-33)34-20-14-9-15-21-34/h7-23,25-26,28,32,37,40H,24,27,39H2,1-6H3/t32-,37+/m0/s1. The average molecular weight is 590 g/mol. The van der Waals surface area contributed by atoms with E-state index in [1.165, 1.54) is 27.3 Å². The van der Waals surface area contributed by atoms with E-state index in [1.54, 1.807) is 0 Å². The average Bonchev–Trinajstić information content (AvgIpc) is 3.01. The van der Waals surface area contributed by atoms with Crippen LogP contribution in [0.5, 0.6) is 0 Å². The Hall–Kier alpha value is -3.64. The minimum Gasteiger partial charge on any atom is -0.405 e. The highest BCUT2D eigenvalue weighted by Gasteiger charge is 2.50. The molecule has 4 aromatic carbocycles. The summed E-state index contributed by atoms with van der Waals surface area (Å²) in [5.41, 5.74) is 12.8. The molecule has 1 heterocycles. The van der Waals surface area contributed by atoms with Gasteiger partial charge < -0.3 is 20.4 Å². The molecule has 2 atom stereocenters. The summed E-state index contributed by atoms with van der Waals surface area (Å²) in [6.45, 7) is 12.1. The van der Waals surface area contributed by atoms with E-state index in [1.807, 2.05) is 6.07 Å². The highest BCUT2D eigenvalue weighted by Crippen LogP contribution is 2.37. The number of hydrogen-bond acceptors (Lipinski definition) is 4. The van der Waals surface area contributed by atoms with Crippen LogP contribution in [0.3, 0.4) is 0 Å². The summed E-state index contributed by atoms with van der Waals surface area (Å²) < 4.78 is 7.37. The molecule has 0 bridgehead atoms. The van der Waals surface area contributed by atoms with E-state index < -0.39 is 8.32 Å². The number of benzene rings is 4. The molecule has 0 unspecified atom stereocenters. The summed E-state index contributed by atoms with van der Waals surface area (Å²) in [6.07, 6.45) is 3.05. The van der Waals surface area contributed by atoms with Gasteiger partial charge in [-0.2, -0.15) is 0 Å². The monoisotopic (exact) mass is 589 g/mol. The second-order valence-corrected chi connectivity index (χ2v) is 17.4. The molecule has 0 aromatic heterocycles. The fourth-order valence-corrected chi connectivity index (χ4v) is 11.1. The molecule has 4 aromatic rings. The summed E-state index contributed by atoms with van der Waals surface area (Å²) in [6, 6.07) is 38.8. The molecule has 43 heavy (non-hydrogen) atoms. The van der Waals surface area contributed by atoms with Gasteiger partial charge in [-0.15, -0.1) is 0 Å². The zero-order valence-electron chi connectivity index (χ0n) is 26.5. The summed E-state index contributed by atoms with van der Waals surface area (Å²) in [5, 5.41) is 6.32. The Morgan fingerprint density at radius 2 is 1.40 bits per heavy atom. The van der Waals surface area contributed by atoms with Gasteiger partial charge in [-0.05, 0) is 50.5 Å². The predicted octanol–water partition coefficient (Wildman–Crippen LogP) is 6.76. The van der Waals surface area contributed by atoms with Crippen LogP contribution in [-0.4, -0.2) is 28.0 Å². The fourth-order valence-electron chi connectivity index (χ4n) is 6.52. The molecular weight excluding hydrogens is 543 g/mol. The van der Waals surface area contributed by atoms with E-state index in [9.17, 15) is 0 Å². The van der Waals surface area contributed by atoms with Gasteiger partial charge in [0.2, 0.25) is 0 Å². The molecule has 0 saturated carbocycles. The number of anilines is 1. The normalized spacial score (nSPS) is 16.5. The Bertz CT molecular complexity index is 1470. The molecule has 0 fully saturated rings. The van der Waals surface area contributed by atoms with Crippen LogP contribution in [0.2, 0.25) is 5.04 Å². The maximum atomic E-state index is 7.37. The van der Waals surface area contributed by atoms with Crippen molar-refractivity contribution in [3.63, 3.8) is 0 Å². The Kier molecular flexibility index (Phi) is 9.26. The molecule has 5 rings (SSSR count). The smallest absolute Gasteiger partial charge is 0.261 e. The summed E-state index contributed by atoms with van der Waals surface area (Å²) in [4.78, 5) is 2.33. The first-order valence-electron chi connectivity index (χ1n) is 15.5. The maximum Gasteiger partial charge on any atom is 0.261 e. The van der Waals surface area contributed by atoms with E-state index in [2.05, 4.69) is 161 Å². The third kappa shape index (κ3) is 6.35. The molecule has 224 valence electrons. The quantitative estimate of drug-likeness (QED) is 0.223. The van der Waals surface area contributed by atoms with Crippen LogP contribution in [0.4, 0.5) is 5.69 Å². The summed E-state index contributed by atoms with van der Waals surface area (Å²) in [7, 11) is -0.485. The van der Waals surface area contributed by atoms with Crippen LogP contribution in [0.15, 0.2) is 121 Å². The van der Waals surface area contributed by atoms with Crippen molar-refractivity contribution >= 4 is 24.4 Å². The molecular formula is C38H47N3OSi. The van der Waals surface area contributed by atoms with Gasteiger partial charge in [0.1, 0.15) is 0 Å². The molecule has 0 spiro atoms. The number of nitrogens with zero attached hydrogens (tertiary/aromatic N) is 1. The van der Waals surface area contributed by atoms with Crippen LogP contribution in [-0.2, 0) is 10.8 Å². The van der Waals surface area contributed by atoms with Crippen molar-refractivity contribution in [1.82, 2.24) is 5.32 Å². The lowest BCUT2D eigenvalue weighted by molar-refractivity contribution is 0.257. The molecule has 0 amide bonds. The zero-order valence-corrected chi connectivity index (χ0v) is 27.5. The van der Waals surface area contributed by atoms with Crippen molar-refractivity contribution in [3.8, 4) is 0 Å². The maximum absolute atomic E-state index is 7.37. The van der Waals surface area contributed by atoms with Gasteiger partial charge in [-0.3, -0.25) is 0 Å². The van der Waals surface area contributed by atoms with Gasteiger partial charge in [-0.1, -0.05) is 138 Å². The first-order valence-corrected chi connectivity index (χ1v) is 17.4. The van der Waals surface area contributed by atoms with Crippen LogP contribution < -0.4 is 26.3 Å². The van der Waals surface area contributed by atoms with Crippen LogP contribution >= 0.6 is 0 Å². The Morgan fingerprint density at radius 3 is 1.93 bits per heavy atom. The van der Waals surface area contributed by atoms with Gasteiger partial charge >= 0.3 is 0 Å². The fraction of sp³-hybridized carbons (Fsp3) is 0.316. The van der Waals surface area contributed by atoms with E-state index in [0.29, 0.717) is 12.5 Å². The minimum atomic E-state index is -2.66. The van der Waals surface area contributed by atoms with Crippen LogP contribution in [0, 0.1) is 5.92 Å². The second-order valence-electron chi connectivity index (χ2n) is 13.1. The van der Waals surface area contributed by atoms with Crippen LogP contribution in [0.1, 0.15) is 57.4 Å². The van der Waals surface area contributed by atoms with Crippen molar-refractivity contribution < 1.29 is 4.43 Å². The Balaban J connectivity index is 1.52. The van der Waals surface area contributed by atoms with Crippen molar-refractivity contribution in [2.45, 2.75) is 58.2 Å². The van der Waals surface area contributed by atoms with Gasteiger partial charge in [0, 0.05) is 24.6 Å². The topological polar surface area (TPSA) is 50.5 Å². The van der Waals surface area contributed by atoms with E-state index in [4.69, 9.17) is 10.2 Å². The first kappa shape index (κ1) is 30.8. The number of fused-ring (bicyclic) bond motifs is 1. The third-order valence-electron chi connectivity index (χ3n) is 8.82. The number of allylic oxidation sites excluding steroid dienone is 1. The lowest BCUT2D eigenvalue weighted by atomic mass is 9.94. The highest BCUT2D eigenvalue weighted by atomic mass is 28.4. The van der Waals surface area contributed by atoms with Gasteiger partial charge in [-0.25, -0.2) is 0 Å². The lowest BCUT2D eigenvalue weighted by Crippen LogP contribution is -2.67. The molecule has 0 saturated heterocycles. The van der Waals surface area contributed by atoms with Gasteiger partial charge in [0.25, 0.3) is 8.32 Å². The van der Waals surface area contributed by atoms with E-state index in [-0.39, 0.29) is 17.1 Å². The SMILES string of the molecule is CC(C)C1=CN[C@H](CO[Si](c2ccccc2)(c2ccccc2)C(C)(C)C)Cc2ccc([C@H](N)c3ccccc3)cc2N1C.